The Hall–Kier alpha value is -2.24. The molecule has 1 aromatic carbocycles. The molecule has 0 spiro atoms. The molecule has 0 aliphatic carbocycles. The van der Waals surface area contributed by atoms with E-state index in [9.17, 15) is 18.0 Å². The SMILES string of the molecule is Cc1cc(C(=O)NC(C)c2ccc(C(F)(F)F)cc2)c(C)o1. The minimum Gasteiger partial charge on any atom is -0.466 e. The second-order valence-electron chi connectivity index (χ2n) is 5.14. The Labute approximate surface area is 126 Å². The summed E-state index contributed by atoms with van der Waals surface area (Å²) in [5.74, 6) is 0.821. The molecule has 1 aromatic heterocycles. The van der Waals surface area contributed by atoms with Crippen LogP contribution in [0.4, 0.5) is 13.2 Å². The highest BCUT2D eigenvalue weighted by Gasteiger charge is 2.30. The van der Waals surface area contributed by atoms with E-state index in [4.69, 9.17) is 4.42 Å². The van der Waals surface area contributed by atoms with Crippen LogP contribution in [0.25, 0.3) is 0 Å². The Bertz CT molecular complexity index is 672. The van der Waals surface area contributed by atoms with Crippen molar-refractivity contribution in [3.63, 3.8) is 0 Å². The Morgan fingerprint density at radius 2 is 1.77 bits per heavy atom. The topological polar surface area (TPSA) is 42.2 Å². The fraction of sp³-hybridized carbons (Fsp3) is 0.312. The zero-order valence-electron chi connectivity index (χ0n) is 12.4. The monoisotopic (exact) mass is 311 g/mol. The number of carbonyl (C=O) groups is 1. The van der Waals surface area contributed by atoms with Gasteiger partial charge in [0.25, 0.3) is 5.91 Å². The Morgan fingerprint density at radius 1 is 1.18 bits per heavy atom. The van der Waals surface area contributed by atoms with Crippen molar-refractivity contribution in [2.75, 3.05) is 0 Å². The summed E-state index contributed by atoms with van der Waals surface area (Å²) in [4.78, 5) is 12.1. The first-order valence-electron chi connectivity index (χ1n) is 6.73. The number of aryl methyl sites for hydroxylation is 2. The first kappa shape index (κ1) is 16.1. The van der Waals surface area contributed by atoms with E-state index in [1.54, 1.807) is 26.8 Å². The van der Waals surface area contributed by atoms with Crippen LogP contribution in [0.2, 0.25) is 0 Å². The number of alkyl halides is 3. The average Bonchev–Trinajstić information content (AvgIpc) is 2.77. The summed E-state index contributed by atoms with van der Waals surface area (Å²) < 4.78 is 42.8. The van der Waals surface area contributed by atoms with E-state index in [1.165, 1.54) is 12.1 Å². The summed E-state index contributed by atoms with van der Waals surface area (Å²) in [6, 6.07) is 5.95. The molecule has 6 heteroatoms. The molecule has 1 unspecified atom stereocenters. The summed E-state index contributed by atoms with van der Waals surface area (Å²) in [6.45, 7) is 5.14. The number of hydrogen-bond donors (Lipinski definition) is 1. The first-order chi connectivity index (χ1) is 10.2. The molecule has 1 atom stereocenters. The van der Waals surface area contributed by atoms with Gasteiger partial charge in [-0.05, 0) is 44.5 Å². The maximum Gasteiger partial charge on any atom is 0.416 e. The summed E-state index contributed by atoms with van der Waals surface area (Å²) in [5.41, 5.74) is 0.312. The van der Waals surface area contributed by atoms with Crippen molar-refractivity contribution in [1.82, 2.24) is 5.32 Å². The number of rotatable bonds is 3. The molecular formula is C16H16F3NO2. The van der Waals surface area contributed by atoms with Gasteiger partial charge in [-0.2, -0.15) is 13.2 Å². The quantitative estimate of drug-likeness (QED) is 0.912. The van der Waals surface area contributed by atoms with Crippen molar-refractivity contribution >= 4 is 5.91 Å². The van der Waals surface area contributed by atoms with E-state index < -0.39 is 17.8 Å². The van der Waals surface area contributed by atoms with E-state index in [-0.39, 0.29) is 5.91 Å². The van der Waals surface area contributed by atoms with Crippen molar-refractivity contribution in [3.8, 4) is 0 Å². The van der Waals surface area contributed by atoms with Crippen molar-refractivity contribution in [3.05, 3.63) is 58.5 Å². The van der Waals surface area contributed by atoms with Crippen molar-refractivity contribution in [2.45, 2.75) is 33.0 Å². The van der Waals surface area contributed by atoms with Crippen LogP contribution in [0.5, 0.6) is 0 Å². The summed E-state index contributed by atoms with van der Waals surface area (Å²) in [5, 5.41) is 2.74. The molecule has 22 heavy (non-hydrogen) atoms. The molecule has 0 aliphatic heterocycles. The zero-order valence-corrected chi connectivity index (χ0v) is 12.4. The van der Waals surface area contributed by atoms with Gasteiger partial charge in [0.2, 0.25) is 0 Å². The van der Waals surface area contributed by atoms with Gasteiger partial charge in [-0.25, -0.2) is 0 Å². The normalized spacial score (nSPS) is 13.0. The largest absolute Gasteiger partial charge is 0.466 e. The fourth-order valence-electron chi connectivity index (χ4n) is 2.17. The molecule has 0 saturated heterocycles. The minimum atomic E-state index is -4.36. The third-order valence-corrected chi connectivity index (χ3v) is 3.37. The Kier molecular flexibility index (Phi) is 4.30. The molecular weight excluding hydrogens is 295 g/mol. The highest BCUT2D eigenvalue weighted by atomic mass is 19.4. The standard InChI is InChI=1S/C16H16F3NO2/c1-9-8-14(11(3)22-9)15(21)20-10(2)12-4-6-13(7-5-12)16(17,18)19/h4-8,10H,1-3H3,(H,20,21). The van der Waals surface area contributed by atoms with Gasteiger partial charge in [-0.15, -0.1) is 0 Å². The van der Waals surface area contributed by atoms with Crippen LogP contribution in [0.1, 0.15) is 46.0 Å². The molecule has 1 heterocycles. The van der Waals surface area contributed by atoms with Gasteiger partial charge < -0.3 is 9.73 Å². The zero-order chi connectivity index (χ0) is 16.5. The molecule has 0 aliphatic rings. The lowest BCUT2D eigenvalue weighted by atomic mass is 10.1. The van der Waals surface area contributed by atoms with E-state index in [1.807, 2.05) is 0 Å². The summed E-state index contributed by atoms with van der Waals surface area (Å²) in [6.07, 6.45) is -4.36. The molecule has 3 nitrogen and oxygen atoms in total. The second kappa shape index (κ2) is 5.87. The summed E-state index contributed by atoms with van der Waals surface area (Å²) in [7, 11) is 0. The van der Waals surface area contributed by atoms with Gasteiger partial charge in [0, 0.05) is 0 Å². The van der Waals surface area contributed by atoms with Gasteiger partial charge in [0.1, 0.15) is 11.5 Å². The lowest BCUT2D eigenvalue weighted by molar-refractivity contribution is -0.137. The van der Waals surface area contributed by atoms with E-state index >= 15 is 0 Å². The maximum atomic E-state index is 12.5. The van der Waals surface area contributed by atoms with Gasteiger partial charge in [0.15, 0.2) is 0 Å². The number of carbonyl (C=O) groups excluding carboxylic acids is 1. The number of halogens is 3. The highest BCUT2D eigenvalue weighted by molar-refractivity contribution is 5.95. The van der Waals surface area contributed by atoms with Crippen LogP contribution in [0.15, 0.2) is 34.7 Å². The molecule has 1 amide bonds. The maximum absolute atomic E-state index is 12.5. The molecule has 118 valence electrons. The third kappa shape index (κ3) is 3.50. The number of nitrogens with one attached hydrogen (secondary N) is 1. The van der Waals surface area contributed by atoms with Gasteiger partial charge >= 0.3 is 6.18 Å². The van der Waals surface area contributed by atoms with Gasteiger partial charge in [-0.1, -0.05) is 12.1 Å². The molecule has 0 radical (unpaired) electrons. The van der Waals surface area contributed by atoms with Gasteiger partial charge in [0.05, 0.1) is 17.2 Å². The Balaban J connectivity index is 2.10. The van der Waals surface area contributed by atoms with Gasteiger partial charge in [-0.3, -0.25) is 4.79 Å². The van der Waals surface area contributed by atoms with Crippen LogP contribution in [0.3, 0.4) is 0 Å². The molecule has 2 rings (SSSR count). The Morgan fingerprint density at radius 3 is 2.23 bits per heavy atom. The molecule has 0 bridgehead atoms. The second-order valence-corrected chi connectivity index (χ2v) is 5.14. The van der Waals surface area contributed by atoms with Crippen LogP contribution >= 0.6 is 0 Å². The van der Waals surface area contributed by atoms with E-state index in [0.717, 1.165) is 12.1 Å². The number of furan rings is 1. The predicted molar refractivity (Wildman–Crippen MR) is 75.5 cm³/mol. The molecule has 2 aromatic rings. The van der Waals surface area contributed by atoms with Crippen LogP contribution < -0.4 is 5.32 Å². The molecule has 0 fully saturated rings. The molecule has 0 saturated carbocycles. The molecule has 1 N–H and O–H groups in total. The van der Waals surface area contributed by atoms with Crippen LogP contribution in [0, 0.1) is 13.8 Å². The van der Waals surface area contributed by atoms with Crippen molar-refractivity contribution in [2.24, 2.45) is 0 Å². The third-order valence-electron chi connectivity index (χ3n) is 3.37. The van der Waals surface area contributed by atoms with Crippen molar-refractivity contribution in [1.29, 1.82) is 0 Å². The van der Waals surface area contributed by atoms with Crippen LogP contribution in [-0.4, -0.2) is 5.91 Å². The lowest BCUT2D eigenvalue weighted by Crippen LogP contribution is -2.26. The van der Waals surface area contributed by atoms with E-state index in [0.29, 0.717) is 22.6 Å². The average molecular weight is 311 g/mol. The minimum absolute atomic E-state index is 0.318. The summed E-state index contributed by atoms with van der Waals surface area (Å²) >= 11 is 0. The first-order valence-corrected chi connectivity index (χ1v) is 6.73. The van der Waals surface area contributed by atoms with E-state index in [2.05, 4.69) is 5.32 Å². The number of hydrogen-bond acceptors (Lipinski definition) is 2. The highest BCUT2D eigenvalue weighted by Crippen LogP contribution is 2.30. The van der Waals surface area contributed by atoms with Crippen LogP contribution in [-0.2, 0) is 6.18 Å². The number of amides is 1. The smallest absolute Gasteiger partial charge is 0.416 e. The predicted octanol–water partition coefficient (Wildman–Crippen LogP) is 4.41. The fourth-order valence-corrected chi connectivity index (χ4v) is 2.17. The lowest BCUT2D eigenvalue weighted by Gasteiger charge is -2.15. The number of benzene rings is 1. The van der Waals surface area contributed by atoms with Crippen molar-refractivity contribution < 1.29 is 22.4 Å².